The van der Waals surface area contributed by atoms with Gasteiger partial charge in [-0.3, -0.25) is 0 Å². The molecule has 0 amide bonds. The second-order valence-corrected chi connectivity index (χ2v) is 8.90. The average molecular weight is 328 g/mol. The Balaban J connectivity index is 1.71. The summed E-state index contributed by atoms with van der Waals surface area (Å²) in [4.78, 5) is 0. The zero-order valence-corrected chi connectivity index (χ0v) is 15.2. The monoisotopic (exact) mass is 328 g/mol. The maximum Gasteiger partial charge on any atom is 0.115 e. The lowest BCUT2D eigenvalue weighted by atomic mass is 9.53. The number of rotatable bonds is 3. The summed E-state index contributed by atoms with van der Waals surface area (Å²) in [5, 5.41) is 20.6. The first-order valence-electron chi connectivity index (χ1n) is 10.1. The van der Waals surface area contributed by atoms with Crippen LogP contribution in [0.3, 0.4) is 0 Å². The van der Waals surface area contributed by atoms with Gasteiger partial charge in [0, 0.05) is 0 Å². The third-order valence-corrected chi connectivity index (χ3v) is 7.76. The summed E-state index contributed by atoms with van der Waals surface area (Å²) < 4.78 is 0. The van der Waals surface area contributed by atoms with Crippen LogP contribution in [-0.4, -0.2) is 16.3 Å². The number of hydrogen-bond acceptors (Lipinski definition) is 2. The molecule has 1 aromatic rings. The highest BCUT2D eigenvalue weighted by Gasteiger charge is 2.55. The van der Waals surface area contributed by atoms with E-state index in [1.165, 1.54) is 49.7 Å². The van der Waals surface area contributed by atoms with Gasteiger partial charge < -0.3 is 10.2 Å². The molecule has 0 radical (unpaired) electrons. The van der Waals surface area contributed by atoms with Gasteiger partial charge in [0.1, 0.15) is 5.75 Å². The number of hydrogen-bond donors (Lipinski definition) is 2. The van der Waals surface area contributed by atoms with E-state index in [1.54, 1.807) is 0 Å². The van der Waals surface area contributed by atoms with Crippen LogP contribution in [0.1, 0.15) is 88.2 Å². The molecule has 6 atom stereocenters. The van der Waals surface area contributed by atoms with Crippen LogP contribution in [-0.2, 0) is 0 Å². The zero-order chi connectivity index (χ0) is 16.9. The van der Waals surface area contributed by atoms with Crippen molar-refractivity contribution >= 4 is 0 Å². The molecule has 0 bridgehead atoms. The second kappa shape index (κ2) is 6.05. The molecule has 2 N–H and O–H groups in total. The Morgan fingerprint density at radius 2 is 2.00 bits per heavy atom. The number of benzene rings is 1. The molecule has 2 saturated carbocycles. The van der Waals surface area contributed by atoms with Crippen molar-refractivity contribution in [1.82, 2.24) is 0 Å². The first-order valence-corrected chi connectivity index (χ1v) is 10.1. The van der Waals surface area contributed by atoms with Crippen molar-refractivity contribution in [1.29, 1.82) is 0 Å². The molecular formula is C22H32O2. The smallest absolute Gasteiger partial charge is 0.115 e. The Labute approximate surface area is 146 Å². The second-order valence-electron chi connectivity index (χ2n) is 8.90. The number of unbranched alkanes of at least 4 members (excludes halogenated alkanes) is 1. The molecule has 0 unspecified atom stereocenters. The molecule has 132 valence electrons. The molecule has 0 aromatic heterocycles. The van der Waals surface area contributed by atoms with Crippen molar-refractivity contribution in [3.05, 3.63) is 29.3 Å². The number of phenolic OH excluding ortho intramolecular Hbond substituents is 1. The van der Waals surface area contributed by atoms with Crippen LogP contribution in [0.4, 0.5) is 0 Å². The molecule has 3 aliphatic carbocycles. The van der Waals surface area contributed by atoms with E-state index < -0.39 is 0 Å². The van der Waals surface area contributed by atoms with E-state index in [1.807, 2.05) is 12.1 Å². The van der Waals surface area contributed by atoms with Crippen molar-refractivity contribution < 1.29 is 10.2 Å². The van der Waals surface area contributed by atoms with Crippen LogP contribution in [0.2, 0.25) is 0 Å². The molecule has 2 heteroatoms. The van der Waals surface area contributed by atoms with Crippen LogP contribution in [0.25, 0.3) is 0 Å². The van der Waals surface area contributed by atoms with Crippen LogP contribution in [0, 0.1) is 17.3 Å². The molecule has 0 heterocycles. The Hall–Kier alpha value is -1.02. The Morgan fingerprint density at radius 1 is 1.17 bits per heavy atom. The molecule has 1 aromatic carbocycles. The maximum absolute atomic E-state index is 10.6. The van der Waals surface area contributed by atoms with E-state index in [2.05, 4.69) is 19.9 Å². The predicted molar refractivity (Wildman–Crippen MR) is 97.3 cm³/mol. The van der Waals surface area contributed by atoms with Gasteiger partial charge in [0.25, 0.3) is 0 Å². The van der Waals surface area contributed by atoms with Crippen LogP contribution < -0.4 is 0 Å². The van der Waals surface area contributed by atoms with Crippen molar-refractivity contribution in [2.24, 2.45) is 17.3 Å². The number of aliphatic hydroxyl groups is 1. The first-order chi connectivity index (χ1) is 11.5. The fourth-order valence-electron chi connectivity index (χ4n) is 6.41. The van der Waals surface area contributed by atoms with Gasteiger partial charge in [0.15, 0.2) is 0 Å². The lowest BCUT2D eigenvalue weighted by Gasteiger charge is -2.51. The molecule has 0 spiro atoms. The van der Waals surface area contributed by atoms with Gasteiger partial charge in [0.05, 0.1) is 6.10 Å². The fourth-order valence-corrected chi connectivity index (χ4v) is 6.41. The summed E-state index contributed by atoms with van der Waals surface area (Å²) in [6, 6.07) is 6.13. The third kappa shape index (κ3) is 2.41. The van der Waals surface area contributed by atoms with E-state index in [-0.39, 0.29) is 11.5 Å². The number of fused-ring (bicyclic) bond motifs is 5. The Kier molecular flexibility index (Phi) is 4.15. The summed E-state index contributed by atoms with van der Waals surface area (Å²) in [5.74, 6) is 3.05. The van der Waals surface area contributed by atoms with Crippen molar-refractivity contribution in [2.45, 2.75) is 83.2 Å². The number of aromatic hydroxyl groups is 1. The predicted octanol–water partition coefficient (Wildman–Crippen LogP) is 5.34. The highest BCUT2D eigenvalue weighted by molar-refractivity contribution is 5.42. The van der Waals surface area contributed by atoms with Gasteiger partial charge >= 0.3 is 0 Å². The van der Waals surface area contributed by atoms with Gasteiger partial charge in [-0.2, -0.15) is 0 Å². The summed E-state index contributed by atoms with van der Waals surface area (Å²) in [7, 11) is 0. The molecule has 4 rings (SSSR count). The quantitative estimate of drug-likeness (QED) is 0.786. The summed E-state index contributed by atoms with van der Waals surface area (Å²) >= 11 is 0. The average Bonchev–Trinajstić information content (AvgIpc) is 2.88. The molecule has 24 heavy (non-hydrogen) atoms. The minimum absolute atomic E-state index is 0.0984. The molecule has 2 fully saturated rings. The normalized spacial score (nSPS) is 40.7. The lowest BCUT2D eigenvalue weighted by Crippen LogP contribution is -2.44. The van der Waals surface area contributed by atoms with Gasteiger partial charge in [-0.15, -0.1) is 0 Å². The van der Waals surface area contributed by atoms with E-state index in [0.29, 0.717) is 23.5 Å². The topological polar surface area (TPSA) is 40.5 Å². The third-order valence-electron chi connectivity index (χ3n) is 7.76. The van der Waals surface area contributed by atoms with Gasteiger partial charge in [-0.25, -0.2) is 0 Å². The van der Waals surface area contributed by atoms with E-state index in [0.717, 1.165) is 18.8 Å². The summed E-state index contributed by atoms with van der Waals surface area (Å²) in [6.45, 7) is 4.61. The molecule has 3 aliphatic rings. The number of aliphatic hydroxyl groups excluding tert-OH is 1. The summed E-state index contributed by atoms with van der Waals surface area (Å²) in [5.41, 5.74) is 3.07. The van der Waals surface area contributed by atoms with Crippen molar-refractivity contribution in [3.8, 4) is 5.75 Å². The van der Waals surface area contributed by atoms with Gasteiger partial charge in [-0.05, 0) is 90.9 Å². The maximum atomic E-state index is 10.6. The van der Waals surface area contributed by atoms with Crippen molar-refractivity contribution in [3.63, 3.8) is 0 Å². The largest absolute Gasteiger partial charge is 0.508 e. The summed E-state index contributed by atoms with van der Waals surface area (Å²) in [6.07, 6.45) is 9.45. The lowest BCUT2D eigenvalue weighted by molar-refractivity contribution is -0.0252. The van der Waals surface area contributed by atoms with E-state index in [4.69, 9.17) is 0 Å². The molecule has 2 nitrogen and oxygen atoms in total. The standard InChI is InChI=1S/C22H32O2/c1-3-4-5-14-12-19-17(16-7-6-15(23)13-18(14)16)10-11-22(2)20(19)8-9-21(22)24/h6-7,13-14,17,19-21,23-24H,3-5,8-12H2,1-2H3/t14-,17-,19-,20+,21+,22+/m1/s1. The SMILES string of the molecule is CCCC[C@@H]1C[C@@H]2[C@H](CC[C@]3(C)[C@@H](O)CC[C@@H]23)c2ccc(O)cc21. The highest BCUT2D eigenvalue weighted by atomic mass is 16.3. The minimum Gasteiger partial charge on any atom is -0.508 e. The van der Waals surface area contributed by atoms with Crippen molar-refractivity contribution in [2.75, 3.05) is 0 Å². The van der Waals surface area contributed by atoms with Gasteiger partial charge in [0.2, 0.25) is 0 Å². The minimum atomic E-state index is -0.0984. The fraction of sp³-hybridized carbons (Fsp3) is 0.727. The molecule has 0 aliphatic heterocycles. The van der Waals surface area contributed by atoms with Crippen LogP contribution in [0.5, 0.6) is 5.75 Å². The van der Waals surface area contributed by atoms with E-state index >= 15 is 0 Å². The first kappa shape index (κ1) is 16.4. The van der Waals surface area contributed by atoms with Gasteiger partial charge in [-0.1, -0.05) is 32.8 Å². The van der Waals surface area contributed by atoms with Crippen LogP contribution >= 0.6 is 0 Å². The van der Waals surface area contributed by atoms with E-state index in [9.17, 15) is 10.2 Å². The molecular weight excluding hydrogens is 296 g/mol. The zero-order valence-electron chi connectivity index (χ0n) is 15.2. The Morgan fingerprint density at radius 3 is 2.79 bits per heavy atom. The Bertz CT molecular complexity index is 610. The molecule has 0 saturated heterocycles. The highest BCUT2D eigenvalue weighted by Crippen LogP contribution is 2.62. The van der Waals surface area contributed by atoms with Crippen LogP contribution in [0.15, 0.2) is 18.2 Å². The number of phenols is 1.